The third kappa shape index (κ3) is 7.64. The minimum atomic E-state index is -1.24. The molecule has 0 heterocycles. The second-order valence-electron chi connectivity index (χ2n) is 6.75. The van der Waals surface area contributed by atoms with Gasteiger partial charge in [0.05, 0.1) is 29.3 Å². The number of methoxy groups -OCH3 is 1. The second kappa shape index (κ2) is 12.4. The first-order valence-electron chi connectivity index (χ1n) is 9.71. The lowest BCUT2D eigenvalue weighted by Crippen LogP contribution is -2.50. The van der Waals surface area contributed by atoms with Crippen LogP contribution >= 0.6 is 23.2 Å². The Morgan fingerprint density at radius 1 is 1.03 bits per heavy atom. The average molecular weight is 509 g/mol. The maximum absolute atomic E-state index is 12.5. The summed E-state index contributed by atoms with van der Waals surface area (Å²) in [5, 5.41) is 17.2. The molecular formula is C21H22Cl2N6O5. The number of guanidine groups is 1. The summed E-state index contributed by atoms with van der Waals surface area (Å²) in [6, 6.07) is 9.41. The highest BCUT2D eigenvalue weighted by atomic mass is 35.5. The number of halogens is 2. The molecule has 0 bridgehead atoms. The summed E-state index contributed by atoms with van der Waals surface area (Å²) >= 11 is 12.0. The largest absolute Gasteiger partial charge is 0.467 e. The molecule has 0 saturated heterocycles. The van der Waals surface area contributed by atoms with Crippen LogP contribution in [0.1, 0.15) is 20.7 Å². The van der Waals surface area contributed by atoms with E-state index in [1.165, 1.54) is 24.3 Å². The molecule has 34 heavy (non-hydrogen) atoms. The summed E-state index contributed by atoms with van der Waals surface area (Å²) in [4.78, 5) is 49.1. The standard InChI is InChI=1S/C21H22Cl2N6O5/c1-34-20(33)15(29-19(32)17-13(22)6-3-7-14(17)23)9-26-16(30)10-27-18(31)11-4-2-5-12(8-11)28-21(24)25/h2-8,15H,9-10H2,1H3,(H,26,30)(H,27,31)(H,29,32)(H4,24,25,28)/t15-/m0/s1. The highest BCUT2D eigenvalue weighted by Crippen LogP contribution is 2.24. The molecule has 7 N–H and O–H groups in total. The maximum atomic E-state index is 12.5. The van der Waals surface area contributed by atoms with Crippen molar-refractivity contribution in [2.45, 2.75) is 6.04 Å². The number of carbonyl (C=O) groups is 4. The van der Waals surface area contributed by atoms with Crippen molar-refractivity contribution in [1.29, 1.82) is 5.41 Å². The van der Waals surface area contributed by atoms with Gasteiger partial charge in [0.25, 0.3) is 11.8 Å². The van der Waals surface area contributed by atoms with Gasteiger partial charge in [-0.05, 0) is 30.3 Å². The van der Waals surface area contributed by atoms with Crippen LogP contribution in [0.4, 0.5) is 5.69 Å². The minimum absolute atomic E-state index is 0.0279. The van der Waals surface area contributed by atoms with Crippen molar-refractivity contribution in [3.8, 4) is 0 Å². The molecule has 2 aromatic carbocycles. The van der Waals surface area contributed by atoms with Crippen LogP contribution in [0.5, 0.6) is 0 Å². The first-order chi connectivity index (χ1) is 16.1. The molecule has 3 amide bonds. The van der Waals surface area contributed by atoms with Crippen molar-refractivity contribution >= 4 is 58.5 Å². The number of ether oxygens (including phenoxy) is 1. The van der Waals surface area contributed by atoms with Crippen LogP contribution in [0.25, 0.3) is 0 Å². The number of esters is 1. The smallest absolute Gasteiger partial charge is 0.330 e. The summed E-state index contributed by atoms with van der Waals surface area (Å²) in [6.07, 6.45) is 0. The lowest BCUT2D eigenvalue weighted by atomic mass is 10.2. The van der Waals surface area contributed by atoms with Crippen LogP contribution in [0.15, 0.2) is 42.5 Å². The number of hydrogen-bond acceptors (Lipinski definition) is 6. The molecule has 0 spiro atoms. The van der Waals surface area contributed by atoms with E-state index in [2.05, 4.69) is 26.0 Å². The zero-order chi connectivity index (χ0) is 25.3. The van der Waals surface area contributed by atoms with E-state index in [0.29, 0.717) is 5.69 Å². The van der Waals surface area contributed by atoms with Gasteiger partial charge in [-0.1, -0.05) is 35.3 Å². The Morgan fingerprint density at radius 3 is 2.29 bits per heavy atom. The number of rotatable bonds is 9. The van der Waals surface area contributed by atoms with Gasteiger partial charge in [0.2, 0.25) is 5.91 Å². The van der Waals surface area contributed by atoms with E-state index in [4.69, 9.17) is 34.3 Å². The van der Waals surface area contributed by atoms with Crippen molar-refractivity contribution in [2.75, 3.05) is 25.5 Å². The van der Waals surface area contributed by atoms with E-state index < -0.39 is 36.3 Å². The number of nitrogens with one attached hydrogen (secondary N) is 5. The zero-order valence-electron chi connectivity index (χ0n) is 17.9. The molecule has 2 rings (SSSR count). The molecule has 0 aliphatic rings. The quantitative estimate of drug-likeness (QED) is 0.167. The Labute approximate surface area is 204 Å². The molecule has 0 aliphatic carbocycles. The summed E-state index contributed by atoms with van der Waals surface area (Å²) < 4.78 is 4.67. The van der Waals surface area contributed by atoms with E-state index in [0.717, 1.165) is 7.11 Å². The Bertz CT molecular complexity index is 1090. The topological polar surface area (TPSA) is 176 Å². The molecule has 180 valence electrons. The van der Waals surface area contributed by atoms with Gasteiger partial charge in [-0.3, -0.25) is 19.8 Å². The molecule has 0 aromatic heterocycles. The van der Waals surface area contributed by atoms with Crippen LogP contribution < -0.4 is 27.0 Å². The lowest BCUT2D eigenvalue weighted by molar-refractivity contribution is -0.142. The second-order valence-corrected chi connectivity index (χ2v) is 7.57. The first-order valence-corrected chi connectivity index (χ1v) is 10.5. The third-order valence-electron chi connectivity index (χ3n) is 4.30. The first kappa shape index (κ1) is 26.4. The van der Waals surface area contributed by atoms with E-state index in [9.17, 15) is 19.2 Å². The molecule has 0 saturated carbocycles. The SMILES string of the molecule is COC(=O)[C@H](CNC(=O)CNC(=O)c1cccc(NC(=N)N)c1)NC(=O)c1c(Cl)cccc1Cl. The average Bonchev–Trinajstić information content (AvgIpc) is 2.79. The fraction of sp³-hybridized carbons (Fsp3) is 0.190. The molecule has 0 radical (unpaired) electrons. The van der Waals surface area contributed by atoms with Gasteiger partial charge in [-0.2, -0.15) is 0 Å². The van der Waals surface area contributed by atoms with Crippen LogP contribution in [0.3, 0.4) is 0 Å². The van der Waals surface area contributed by atoms with E-state index >= 15 is 0 Å². The predicted octanol–water partition coefficient (Wildman–Crippen LogP) is 1.12. The van der Waals surface area contributed by atoms with E-state index in [1.54, 1.807) is 18.2 Å². The van der Waals surface area contributed by atoms with Gasteiger partial charge in [0.1, 0.15) is 6.04 Å². The van der Waals surface area contributed by atoms with Crippen molar-refractivity contribution in [1.82, 2.24) is 16.0 Å². The van der Waals surface area contributed by atoms with Crippen LogP contribution in [-0.2, 0) is 14.3 Å². The van der Waals surface area contributed by atoms with E-state index in [-0.39, 0.29) is 33.7 Å². The summed E-state index contributed by atoms with van der Waals surface area (Å²) in [7, 11) is 1.13. The number of hydrogen-bond donors (Lipinski definition) is 6. The van der Waals surface area contributed by atoms with Crippen molar-refractivity contribution in [2.24, 2.45) is 5.73 Å². The van der Waals surface area contributed by atoms with Crippen molar-refractivity contribution in [3.63, 3.8) is 0 Å². The molecule has 2 aromatic rings. The monoisotopic (exact) mass is 508 g/mol. The molecule has 0 aliphatic heterocycles. The van der Waals surface area contributed by atoms with Crippen molar-refractivity contribution in [3.05, 3.63) is 63.6 Å². The lowest BCUT2D eigenvalue weighted by Gasteiger charge is -2.18. The number of benzene rings is 2. The highest BCUT2D eigenvalue weighted by Gasteiger charge is 2.25. The number of anilines is 1. The summed E-state index contributed by atoms with van der Waals surface area (Å²) in [5.74, 6) is -3.00. The van der Waals surface area contributed by atoms with Crippen LogP contribution in [0.2, 0.25) is 10.0 Å². The molecule has 0 unspecified atom stereocenters. The minimum Gasteiger partial charge on any atom is -0.467 e. The Morgan fingerprint density at radius 2 is 1.68 bits per heavy atom. The Hall–Kier alpha value is -3.83. The van der Waals surface area contributed by atoms with Gasteiger partial charge in [-0.15, -0.1) is 0 Å². The number of amides is 3. The normalized spacial score (nSPS) is 11.0. The van der Waals surface area contributed by atoms with E-state index in [1.807, 2.05) is 0 Å². The number of nitrogens with two attached hydrogens (primary N) is 1. The van der Waals surface area contributed by atoms with Gasteiger partial charge >= 0.3 is 5.97 Å². The van der Waals surface area contributed by atoms with Gasteiger partial charge in [-0.25, -0.2) is 4.79 Å². The fourth-order valence-corrected chi connectivity index (χ4v) is 3.28. The third-order valence-corrected chi connectivity index (χ3v) is 4.93. The van der Waals surface area contributed by atoms with Crippen LogP contribution in [-0.4, -0.2) is 55.9 Å². The molecular weight excluding hydrogens is 487 g/mol. The summed E-state index contributed by atoms with van der Waals surface area (Å²) in [5.41, 5.74) is 5.90. The Kier molecular flexibility index (Phi) is 9.65. The fourth-order valence-electron chi connectivity index (χ4n) is 2.72. The molecule has 13 heteroatoms. The predicted molar refractivity (Wildman–Crippen MR) is 127 cm³/mol. The van der Waals surface area contributed by atoms with Crippen molar-refractivity contribution < 1.29 is 23.9 Å². The Balaban J connectivity index is 1.94. The highest BCUT2D eigenvalue weighted by molar-refractivity contribution is 6.39. The summed E-state index contributed by atoms with van der Waals surface area (Å²) in [6.45, 7) is -0.714. The van der Waals surface area contributed by atoms with Gasteiger partial charge in [0.15, 0.2) is 5.96 Å². The van der Waals surface area contributed by atoms with Gasteiger partial charge < -0.3 is 31.7 Å². The van der Waals surface area contributed by atoms with Gasteiger partial charge in [0, 0.05) is 17.8 Å². The molecule has 1 atom stereocenters. The molecule has 11 nitrogen and oxygen atoms in total. The van der Waals surface area contributed by atoms with Crippen LogP contribution in [0, 0.1) is 5.41 Å². The molecule has 0 fully saturated rings. The maximum Gasteiger partial charge on any atom is 0.330 e. The zero-order valence-corrected chi connectivity index (χ0v) is 19.4. The number of carbonyl (C=O) groups excluding carboxylic acids is 4.